The topological polar surface area (TPSA) is 25.2 Å². The van der Waals surface area contributed by atoms with E-state index in [0.717, 1.165) is 23.5 Å². The SMILES string of the molecule is Cc1cc(C(=O)CN2CCCCCC2C)c(C)n1C. The lowest BCUT2D eigenvalue weighted by atomic mass is 10.1. The number of likely N-dealkylation sites (tertiary alicyclic amines) is 1. The van der Waals surface area contributed by atoms with Crippen LogP contribution in [0.4, 0.5) is 0 Å². The molecule has 3 heteroatoms. The minimum Gasteiger partial charge on any atom is -0.351 e. The second-order valence-corrected chi connectivity index (χ2v) is 5.94. The molecule has 1 aliphatic heterocycles. The largest absolute Gasteiger partial charge is 0.351 e. The first-order valence-electron chi connectivity index (χ1n) is 7.41. The fraction of sp³-hybridized carbons (Fsp3) is 0.688. The Bertz CT molecular complexity index is 462. The normalized spacial score (nSPS) is 21.4. The van der Waals surface area contributed by atoms with Gasteiger partial charge < -0.3 is 4.57 Å². The molecule has 0 radical (unpaired) electrons. The fourth-order valence-electron chi connectivity index (χ4n) is 2.98. The number of Topliss-reactive ketones (excluding diaryl/α,β-unsaturated/α-hetero) is 1. The number of hydrogen-bond acceptors (Lipinski definition) is 2. The molecule has 3 nitrogen and oxygen atoms in total. The van der Waals surface area contributed by atoms with Crippen LogP contribution in [0.1, 0.15) is 54.4 Å². The standard InChI is InChI=1S/C16H26N2O/c1-12-8-6-5-7-9-18(12)11-16(19)15-10-13(2)17(4)14(15)3/h10,12H,5-9,11H2,1-4H3. The summed E-state index contributed by atoms with van der Waals surface area (Å²) in [6, 6.07) is 2.57. The lowest BCUT2D eigenvalue weighted by molar-refractivity contribution is 0.0901. The van der Waals surface area contributed by atoms with Gasteiger partial charge in [0.05, 0.1) is 6.54 Å². The minimum atomic E-state index is 0.273. The van der Waals surface area contributed by atoms with Crippen molar-refractivity contribution in [2.75, 3.05) is 13.1 Å². The maximum Gasteiger partial charge on any atom is 0.178 e. The van der Waals surface area contributed by atoms with E-state index in [0.29, 0.717) is 12.6 Å². The van der Waals surface area contributed by atoms with Crippen LogP contribution in [0.25, 0.3) is 0 Å². The van der Waals surface area contributed by atoms with Crippen LogP contribution >= 0.6 is 0 Å². The molecule has 19 heavy (non-hydrogen) atoms. The molecule has 0 spiro atoms. The Labute approximate surface area is 116 Å². The van der Waals surface area contributed by atoms with Crippen LogP contribution in [0.5, 0.6) is 0 Å². The third-order valence-corrected chi connectivity index (χ3v) is 4.61. The molecule has 1 atom stereocenters. The average molecular weight is 262 g/mol. The number of rotatable bonds is 3. The molecule has 0 aromatic carbocycles. The summed E-state index contributed by atoms with van der Waals surface area (Å²) in [6.07, 6.45) is 5.05. The Balaban J connectivity index is 2.09. The molecule has 1 fully saturated rings. The number of carbonyl (C=O) groups is 1. The molecule has 1 aliphatic rings. The molecule has 1 aromatic rings. The van der Waals surface area contributed by atoms with Crippen LogP contribution in [-0.2, 0) is 7.05 Å². The summed E-state index contributed by atoms with van der Waals surface area (Å²) in [6.45, 7) is 7.98. The van der Waals surface area contributed by atoms with Gasteiger partial charge in [0.15, 0.2) is 5.78 Å². The summed E-state index contributed by atoms with van der Waals surface area (Å²) in [5, 5.41) is 0. The van der Waals surface area contributed by atoms with E-state index in [1.165, 1.54) is 25.7 Å². The Morgan fingerprint density at radius 1 is 1.32 bits per heavy atom. The highest BCUT2D eigenvalue weighted by Crippen LogP contribution is 2.19. The molecular weight excluding hydrogens is 236 g/mol. The molecule has 1 saturated heterocycles. The van der Waals surface area contributed by atoms with Gasteiger partial charge in [0, 0.05) is 30.0 Å². The van der Waals surface area contributed by atoms with Crippen LogP contribution in [0, 0.1) is 13.8 Å². The maximum absolute atomic E-state index is 12.5. The molecule has 2 rings (SSSR count). The lowest BCUT2D eigenvalue weighted by Gasteiger charge is -2.25. The van der Waals surface area contributed by atoms with Gasteiger partial charge in [0.1, 0.15) is 0 Å². The van der Waals surface area contributed by atoms with Crippen LogP contribution in [0.2, 0.25) is 0 Å². The van der Waals surface area contributed by atoms with E-state index in [-0.39, 0.29) is 5.78 Å². The smallest absolute Gasteiger partial charge is 0.178 e. The zero-order chi connectivity index (χ0) is 14.0. The molecule has 0 saturated carbocycles. The molecule has 0 bridgehead atoms. The molecule has 106 valence electrons. The summed E-state index contributed by atoms with van der Waals surface area (Å²) >= 11 is 0. The second kappa shape index (κ2) is 5.91. The van der Waals surface area contributed by atoms with Gasteiger partial charge in [0.25, 0.3) is 0 Å². The molecule has 0 aliphatic carbocycles. The predicted octanol–water partition coefficient (Wildman–Crippen LogP) is 3.09. The molecule has 0 N–H and O–H groups in total. The third-order valence-electron chi connectivity index (χ3n) is 4.61. The molecule has 1 aromatic heterocycles. The van der Waals surface area contributed by atoms with E-state index >= 15 is 0 Å². The first-order valence-corrected chi connectivity index (χ1v) is 7.41. The molecule has 2 heterocycles. The van der Waals surface area contributed by atoms with Crippen LogP contribution in [0.15, 0.2) is 6.07 Å². The molecule has 0 amide bonds. The van der Waals surface area contributed by atoms with Crippen molar-refractivity contribution in [2.24, 2.45) is 7.05 Å². The quantitative estimate of drug-likeness (QED) is 0.782. The van der Waals surface area contributed by atoms with E-state index in [1.807, 2.05) is 20.0 Å². The van der Waals surface area contributed by atoms with Crippen LogP contribution in [0.3, 0.4) is 0 Å². The van der Waals surface area contributed by atoms with Crippen LogP contribution in [-0.4, -0.2) is 34.4 Å². The summed E-state index contributed by atoms with van der Waals surface area (Å²) in [7, 11) is 2.02. The van der Waals surface area contributed by atoms with Crippen molar-refractivity contribution < 1.29 is 4.79 Å². The van der Waals surface area contributed by atoms with Crippen molar-refractivity contribution in [3.8, 4) is 0 Å². The van der Waals surface area contributed by atoms with Gasteiger partial charge in [-0.15, -0.1) is 0 Å². The Kier molecular flexibility index (Phi) is 4.46. The Morgan fingerprint density at radius 2 is 2.05 bits per heavy atom. The summed E-state index contributed by atoms with van der Waals surface area (Å²) in [5.74, 6) is 0.273. The van der Waals surface area contributed by atoms with Gasteiger partial charge in [-0.25, -0.2) is 0 Å². The number of nitrogens with zero attached hydrogens (tertiary/aromatic N) is 2. The van der Waals surface area contributed by atoms with Crippen molar-refractivity contribution in [1.82, 2.24) is 9.47 Å². The minimum absolute atomic E-state index is 0.273. The van der Waals surface area contributed by atoms with E-state index in [2.05, 4.69) is 23.3 Å². The van der Waals surface area contributed by atoms with Gasteiger partial charge in [-0.05, 0) is 46.2 Å². The van der Waals surface area contributed by atoms with Crippen molar-refractivity contribution in [3.05, 3.63) is 23.0 Å². The number of aromatic nitrogens is 1. The highest BCUT2D eigenvalue weighted by molar-refractivity contribution is 5.99. The Morgan fingerprint density at radius 3 is 2.68 bits per heavy atom. The van der Waals surface area contributed by atoms with Gasteiger partial charge in [-0.1, -0.05) is 12.8 Å². The number of hydrogen-bond donors (Lipinski definition) is 0. The van der Waals surface area contributed by atoms with Crippen molar-refractivity contribution >= 4 is 5.78 Å². The first kappa shape index (κ1) is 14.3. The first-order chi connectivity index (χ1) is 9.00. The molecular formula is C16H26N2O. The summed E-state index contributed by atoms with van der Waals surface area (Å²) < 4.78 is 2.10. The third kappa shape index (κ3) is 3.08. The molecule has 1 unspecified atom stereocenters. The van der Waals surface area contributed by atoms with Gasteiger partial charge >= 0.3 is 0 Å². The van der Waals surface area contributed by atoms with Crippen LogP contribution < -0.4 is 0 Å². The van der Waals surface area contributed by atoms with E-state index in [9.17, 15) is 4.79 Å². The maximum atomic E-state index is 12.5. The van der Waals surface area contributed by atoms with E-state index in [1.54, 1.807) is 0 Å². The van der Waals surface area contributed by atoms with E-state index < -0.39 is 0 Å². The van der Waals surface area contributed by atoms with Gasteiger partial charge in [-0.3, -0.25) is 9.69 Å². The van der Waals surface area contributed by atoms with Crippen molar-refractivity contribution in [3.63, 3.8) is 0 Å². The number of aryl methyl sites for hydroxylation is 1. The van der Waals surface area contributed by atoms with Crippen molar-refractivity contribution in [1.29, 1.82) is 0 Å². The van der Waals surface area contributed by atoms with Crippen molar-refractivity contribution in [2.45, 2.75) is 52.5 Å². The zero-order valence-electron chi connectivity index (χ0n) is 12.7. The number of carbonyl (C=O) groups excluding carboxylic acids is 1. The van der Waals surface area contributed by atoms with Gasteiger partial charge in [0.2, 0.25) is 0 Å². The average Bonchev–Trinajstić information content (AvgIpc) is 2.56. The predicted molar refractivity (Wildman–Crippen MR) is 78.7 cm³/mol. The Hall–Kier alpha value is -1.09. The monoisotopic (exact) mass is 262 g/mol. The number of ketones is 1. The van der Waals surface area contributed by atoms with Gasteiger partial charge in [-0.2, -0.15) is 0 Å². The second-order valence-electron chi connectivity index (χ2n) is 5.94. The summed E-state index contributed by atoms with van der Waals surface area (Å²) in [4.78, 5) is 14.9. The fourth-order valence-corrected chi connectivity index (χ4v) is 2.98. The lowest BCUT2D eigenvalue weighted by Crippen LogP contribution is -2.37. The highest BCUT2D eigenvalue weighted by atomic mass is 16.1. The summed E-state index contributed by atoms with van der Waals surface area (Å²) in [5.41, 5.74) is 3.14. The highest BCUT2D eigenvalue weighted by Gasteiger charge is 2.22. The zero-order valence-corrected chi connectivity index (χ0v) is 12.7. The van der Waals surface area contributed by atoms with E-state index in [4.69, 9.17) is 0 Å².